The van der Waals surface area contributed by atoms with Gasteiger partial charge in [0.2, 0.25) is 0 Å². The van der Waals surface area contributed by atoms with Crippen LogP contribution in [-0.4, -0.2) is 15.1 Å². The van der Waals surface area contributed by atoms with E-state index in [2.05, 4.69) is 16.8 Å². The highest BCUT2D eigenvalue weighted by Crippen LogP contribution is 2.23. The van der Waals surface area contributed by atoms with Crippen LogP contribution in [0.1, 0.15) is 5.56 Å². The summed E-state index contributed by atoms with van der Waals surface area (Å²) in [7, 11) is 0. The number of allylic oxidation sites excluding steroid dienone is 1. The summed E-state index contributed by atoms with van der Waals surface area (Å²) >= 11 is 0. The van der Waals surface area contributed by atoms with Crippen molar-refractivity contribution in [3.05, 3.63) is 50.8 Å². The Balaban J connectivity index is 2.77. The third kappa shape index (κ3) is 1.50. The number of nitro groups is 1. The summed E-state index contributed by atoms with van der Waals surface area (Å²) in [4.78, 5) is 21.6. The first-order chi connectivity index (χ1) is 7.63. The number of aromatic nitrogens is 2. The zero-order valence-corrected chi connectivity index (χ0v) is 8.32. The topological polar surface area (TPSA) is 91.8 Å². The lowest BCUT2D eigenvalue weighted by molar-refractivity contribution is -0.385. The number of hydrogen-bond donors (Lipinski definition) is 2. The van der Waals surface area contributed by atoms with Gasteiger partial charge < -0.3 is 0 Å². The van der Waals surface area contributed by atoms with Gasteiger partial charge in [-0.15, -0.1) is 6.58 Å². The molecular formula is C10H9N3O3. The Morgan fingerprint density at radius 2 is 2.19 bits per heavy atom. The van der Waals surface area contributed by atoms with E-state index in [-0.39, 0.29) is 11.2 Å². The molecule has 6 heteroatoms. The van der Waals surface area contributed by atoms with Crippen molar-refractivity contribution < 1.29 is 4.92 Å². The second-order valence-corrected chi connectivity index (χ2v) is 3.36. The normalized spacial score (nSPS) is 10.5. The molecule has 0 radical (unpaired) electrons. The van der Waals surface area contributed by atoms with E-state index in [0.29, 0.717) is 22.9 Å². The fourth-order valence-corrected chi connectivity index (χ4v) is 1.60. The zero-order valence-electron chi connectivity index (χ0n) is 8.32. The maximum atomic E-state index is 11.3. The first kappa shape index (κ1) is 10.2. The minimum atomic E-state index is -0.495. The highest BCUT2D eigenvalue weighted by molar-refractivity contribution is 5.81. The second-order valence-electron chi connectivity index (χ2n) is 3.36. The third-order valence-corrected chi connectivity index (χ3v) is 2.34. The smallest absolute Gasteiger partial charge is 0.273 e. The maximum absolute atomic E-state index is 11.3. The summed E-state index contributed by atoms with van der Waals surface area (Å²) in [5.74, 6) is 0. The molecule has 0 bridgehead atoms. The van der Waals surface area contributed by atoms with Gasteiger partial charge in [-0.3, -0.25) is 25.1 Å². The van der Waals surface area contributed by atoms with E-state index in [4.69, 9.17) is 0 Å². The molecule has 0 aliphatic heterocycles. The Morgan fingerprint density at radius 1 is 1.44 bits per heavy atom. The summed E-state index contributed by atoms with van der Waals surface area (Å²) in [5, 5.41) is 16.2. The van der Waals surface area contributed by atoms with Crippen LogP contribution in [0.15, 0.2) is 29.6 Å². The quantitative estimate of drug-likeness (QED) is 0.465. The first-order valence-corrected chi connectivity index (χ1v) is 4.62. The van der Waals surface area contributed by atoms with Crippen molar-refractivity contribution in [1.82, 2.24) is 10.2 Å². The van der Waals surface area contributed by atoms with E-state index in [9.17, 15) is 14.9 Å². The van der Waals surface area contributed by atoms with Crippen LogP contribution in [0.2, 0.25) is 0 Å². The molecule has 6 nitrogen and oxygen atoms in total. The lowest BCUT2D eigenvalue weighted by Crippen LogP contribution is -1.99. The van der Waals surface area contributed by atoms with Gasteiger partial charge in [0.25, 0.3) is 11.2 Å². The number of aromatic amines is 2. The largest absolute Gasteiger partial charge is 0.298 e. The highest BCUT2D eigenvalue weighted by Gasteiger charge is 2.16. The van der Waals surface area contributed by atoms with Crippen molar-refractivity contribution in [3.63, 3.8) is 0 Å². The van der Waals surface area contributed by atoms with Crippen molar-refractivity contribution >= 4 is 16.6 Å². The highest BCUT2D eigenvalue weighted by atomic mass is 16.6. The van der Waals surface area contributed by atoms with Crippen LogP contribution in [0, 0.1) is 10.1 Å². The molecule has 0 aliphatic carbocycles. The van der Waals surface area contributed by atoms with E-state index < -0.39 is 4.92 Å². The van der Waals surface area contributed by atoms with E-state index in [0.717, 1.165) is 0 Å². The molecular weight excluding hydrogens is 210 g/mol. The third-order valence-electron chi connectivity index (χ3n) is 2.34. The van der Waals surface area contributed by atoms with Crippen molar-refractivity contribution in [1.29, 1.82) is 0 Å². The molecule has 1 aromatic carbocycles. The van der Waals surface area contributed by atoms with Crippen LogP contribution < -0.4 is 5.56 Å². The van der Waals surface area contributed by atoms with Crippen molar-refractivity contribution in [2.24, 2.45) is 0 Å². The molecule has 16 heavy (non-hydrogen) atoms. The average molecular weight is 219 g/mol. The van der Waals surface area contributed by atoms with Crippen LogP contribution in [0.3, 0.4) is 0 Å². The predicted octanol–water partition coefficient (Wildman–Crippen LogP) is 1.49. The van der Waals surface area contributed by atoms with Crippen LogP contribution in [0.25, 0.3) is 10.9 Å². The Hall–Kier alpha value is -2.37. The molecule has 0 saturated heterocycles. The Bertz CT molecular complexity index is 624. The van der Waals surface area contributed by atoms with E-state index in [1.165, 1.54) is 6.07 Å². The number of hydrogen-bond acceptors (Lipinski definition) is 3. The molecule has 0 unspecified atom stereocenters. The molecule has 1 heterocycles. The van der Waals surface area contributed by atoms with Gasteiger partial charge in [-0.2, -0.15) is 0 Å². The van der Waals surface area contributed by atoms with Gasteiger partial charge in [-0.25, -0.2) is 0 Å². The first-order valence-electron chi connectivity index (χ1n) is 4.62. The van der Waals surface area contributed by atoms with E-state index in [1.54, 1.807) is 12.1 Å². The molecule has 82 valence electrons. The number of nitrogens with one attached hydrogen (secondary N) is 2. The summed E-state index contributed by atoms with van der Waals surface area (Å²) < 4.78 is 0. The lowest BCUT2D eigenvalue weighted by atomic mass is 10.1. The van der Waals surface area contributed by atoms with Gasteiger partial charge in [-0.05, 0) is 12.5 Å². The van der Waals surface area contributed by atoms with E-state index in [1.807, 2.05) is 0 Å². The number of benzene rings is 1. The molecule has 0 fully saturated rings. The molecule has 0 spiro atoms. The number of fused-ring (bicyclic) bond motifs is 1. The van der Waals surface area contributed by atoms with Crippen LogP contribution in [0.4, 0.5) is 5.69 Å². The Morgan fingerprint density at radius 3 is 2.81 bits per heavy atom. The standard InChI is InChI=1S/C10H9N3O3/c1-2-3-6-4-8-7(10(14)12-11-8)5-9(6)13(15)16/h2,4-5H,1,3H2,(H2,11,12,14). The van der Waals surface area contributed by atoms with Gasteiger partial charge >= 0.3 is 0 Å². The minimum absolute atomic E-state index is 0.0579. The molecule has 0 aliphatic rings. The van der Waals surface area contributed by atoms with Gasteiger partial charge in [0, 0.05) is 11.6 Å². The molecule has 2 N–H and O–H groups in total. The van der Waals surface area contributed by atoms with Gasteiger partial charge in [0.1, 0.15) is 0 Å². The summed E-state index contributed by atoms with van der Waals surface area (Å²) in [5.41, 5.74) is 0.677. The lowest BCUT2D eigenvalue weighted by Gasteiger charge is -1.99. The molecule has 1 aromatic heterocycles. The maximum Gasteiger partial charge on any atom is 0.273 e. The van der Waals surface area contributed by atoms with E-state index >= 15 is 0 Å². The summed E-state index contributed by atoms with van der Waals surface area (Å²) in [6.07, 6.45) is 1.97. The molecule has 0 atom stereocenters. The molecule has 0 amide bonds. The summed E-state index contributed by atoms with van der Waals surface area (Å²) in [6, 6.07) is 2.87. The van der Waals surface area contributed by atoms with Crippen LogP contribution >= 0.6 is 0 Å². The van der Waals surface area contributed by atoms with Gasteiger partial charge in [0.15, 0.2) is 0 Å². The van der Waals surface area contributed by atoms with Crippen LogP contribution in [0.5, 0.6) is 0 Å². The summed E-state index contributed by atoms with van der Waals surface area (Å²) in [6.45, 7) is 3.54. The number of nitro benzene ring substituents is 1. The fraction of sp³-hybridized carbons (Fsp3) is 0.100. The second kappa shape index (κ2) is 3.65. The van der Waals surface area contributed by atoms with Gasteiger partial charge in [-0.1, -0.05) is 6.08 Å². The zero-order chi connectivity index (χ0) is 11.7. The van der Waals surface area contributed by atoms with Crippen LogP contribution in [-0.2, 0) is 6.42 Å². The Kier molecular flexibility index (Phi) is 2.32. The number of rotatable bonds is 3. The van der Waals surface area contributed by atoms with Crippen molar-refractivity contribution in [2.45, 2.75) is 6.42 Å². The SMILES string of the molecule is C=CCc1cc2[nH][nH]c(=O)c2cc1[N+](=O)[O-]. The fourth-order valence-electron chi connectivity index (χ4n) is 1.60. The minimum Gasteiger partial charge on any atom is -0.298 e. The predicted molar refractivity (Wildman–Crippen MR) is 59.5 cm³/mol. The van der Waals surface area contributed by atoms with Crippen molar-refractivity contribution in [2.75, 3.05) is 0 Å². The molecule has 0 saturated carbocycles. The average Bonchev–Trinajstić information content (AvgIpc) is 2.59. The number of H-pyrrole nitrogens is 2. The monoisotopic (exact) mass is 219 g/mol. The molecule has 2 rings (SSSR count). The van der Waals surface area contributed by atoms with Gasteiger partial charge in [0.05, 0.1) is 15.8 Å². The van der Waals surface area contributed by atoms with Crippen molar-refractivity contribution in [3.8, 4) is 0 Å². The molecule has 2 aromatic rings. The number of nitrogens with zero attached hydrogens (tertiary/aromatic N) is 1. The Labute approximate surface area is 89.7 Å².